The minimum atomic E-state index is -0.949. The maximum absolute atomic E-state index is 13.0. The molecule has 12 nitrogen and oxygen atoms in total. The fourth-order valence-corrected chi connectivity index (χ4v) is 10.2. The van der Waals surface area contributed by atoms with Gasteiger partial charge in [0, 0.05) is 85.0 Å². The molecule has 0 bridgehead atoms. The van der Waals surface area contributed by atoms with Gasteiger partial charge in [-0.05, 0) is 99.4 Å². The van der Waals surface area contributed by atoms with E-state index < -0.39 is 11.5 Å². The Morgan fingerprint density at radius 3 is 2.61 bits per heavy atom. The number of aromatic nitrogens is 4. The number of anilines is 1. The molecule has 2 unspecified atom stereocenters. The van der Waals surface area contributed by atoms with Crippen molar-refractivity contribution >= 4 is 45.2 Å². The third-order valence-electron chi connectivity index (χ3n) is 12.3. The molecule has 7 heterocycles. The van der Waals surface area contributed by atoms with Gasteiger partial charge in [0.2, 0.25) is 5.95 Å². The lowest BCUT2D eigenvalue weighted by atomic mass is 9.75. The minimum Gasteiger partial charge on any atom is -0.465 e. The smallest absolute Gasteiger partial charge is 0.405 e. The van der Waals surface area contributed by atoms with Crippen LogP contribution in [0.15, 0.2) is 59.0 Å². The molecule has 3 fully saturated rings. The minimum absolute atomic E-state index is 0.0587. The number of fused-ring (bicyclic) bond motifs is 2. The number of pyridine rings is 1. The molecule has 3 N–H and O–H groups in total. The molecule has 2 atom stereocenters. The second-order valence-electron chi connectivity index (χ2n) is 16.8. The number of aromatic amines is 1. The quantitative estimate of drug-likeness (QED) is 0.124. The number of amides is 1. The highest BCUT2D eigenvalue weighted by molar-refractivity contribution is 7.10. The summed E-state index contributed by atoms with van der Waals surface area (Å²) in [6, 6.07) is 13.2. The van der Waals surface area contributed by atoms with Crippen molar-refractivity contribution in [3.63, 3.8) is 0 Å². The summed E-state index contributed by atoms with van der Waals surface area (Å²) in [5.41, 5.74) is 3.38. The molecule has 3 saturated heterocycles. The van der Waals surface area contributed by atoms with Crippen molar-refractivity contribution < 1.29 is 19.4 Å². The van der Waals surface area contributed by atoms with Gasteiger partial charge in [-0.1, -0.05) is 26.0 Å². The van der Waals surface area contributed by atoms with Crippen molar-refractivity contribution in [1.82, 2.24) is 29.7 Å². The van der Waals surface area contributed by atoms with Gasteiger partial charge in [-0.25, -0.2) is 14.8 Å². The molecule has 5 aromatic rings. The van der Waals surface area contributed by atoms with Crippen LogP contribution in [0, 0.1) is 5.92 Å². The molecule has 8 rings (SSSR count). The first-order valence-corrected chi connectivity index (χ1v) is 21.2. The van der Waals surface area contributed by atoms with Crippen LogP contribution in [-0.4, -0.2) is 92.9 Å². The first-order chi connectivity index (χ1) is 27.0. The highest BCUT2D eigenvalue weighted by Gasteiger charge is 2.42. The van der Waals surface area contributed by atoms with E-state index in [9.17, 15) is 14.7 Å². The van der Waals surface area contributed by atoms with Gasteiger partial charge >= 0.3 is 6.09 Å². The van der Waals surface area contributed by atoms with Crippen LogP contribution in [-0.2, 0) is 21.9 Å². The summed E-state index contributed by atoms with van der Waals surface area (Å²) in [7, 11) is 1.80. The standard InChI is InChI=1S/C43H55N7O5S/c1-28(2)25-43(35-8-7-23-56-35,27-55-36-9-5-6-22-54-36)38-32-24-29(33-26-48(4)39(51)37-31(33)12-17-44-37)10-11-34(32)45-40(46-38)50-18-13-30(14-19-50)49-20-15-42(3,16-21-49)47-41(52)53/h7-8,10-12,17,23-24,26,28,30,36,44,47H,5-6,9,13-16,18-22,25,27H2,1-4H3,(H,52,53). The van der Waals surface area contributed by atoms with Crippen molar-refractivity contribution in [2.24, 2.45) is 13.0 Å². The van der Waals surface area contributed by atoms with Crippen LogP contribution in [0.4, 0.5) is 10.7 Å². The summed E-state index contributed by atoms with van der Waals surface area (Å²) in [5.74, 6) is 1.07. The number of hydrogen-bond donors (Lipinski definition) is 3. The molecule has 13 heteroatoms. The number of aryl methyl sites for hydroxylation is 1. The SMILES string of the molecule is CC(C)CC(COC1CCCCO1)(c1cccs1)c1nc(N2CCC(N3CCC(C)(NC(=O)O)CC3)CC2)nc2ccc(-c3cn(C)c(=O)c4[nH]ccc34)cc12. The number of thiophene rings is 1. The molecule has 4 aromatic heterocycles. The Bertz CT molecular complexity index is 2210. The predicted octanol–water partition coefficient (Wildman–Crippen LogP) is 7.50. The second kappa shape index (κ2) is 15.9. The van der Waals surface area contributed by atoms with E-state index in [1.807, 2.05) is 25.4 Å². The largest absolute Gasteiger partial charge is 0.465 e. The number of carbonyl (C=O) groups is 1. The molecule has 298 valence electrons. The zero-order valence-corrected chi connectivity index (χ0v) is 33.9. The molecule has 3 aliphatic heterocycles. The maximum atomic E-state index is 13.0. The van der Waals surface area contributed by atoms with Crippen molar-refractivity contribution in [3.8, 4) is 11.1 Å². The summed E-state index contributed by atoms with van der Waals surface area (Å²) in [4.78, 5) is 44.6. The fourth-order valence-electron chi connectivity index (χ4n) is 9.32. The van der Waals surface area contributed by atoms with E-state index >= 15 is 0 Å². The van der Waals surface area contributed by atoms with E-state index in [4.69, 9.17) is 19.4 Å². The lowest BCUT2D eigenvalue weighted by Gasteiger charge is -2.45. The number of nitrogens with one attached hydrogen (secondary N) is 2. The molecular formula is C43H55N7O5S. The normalized spacial score (nSPS) is 20.8. The molecule has 0 radical (unpaired) electrons. The van der Waals surface area contributed by atoms with Gasteiger partial charge in [0.25, 0.3) is 5.56 Å². The molecule has 1 aromatic carbocycles. The van der Waals surface area contributed by atoms with Crippen LogP contribution in [0.3, 0.4) is 0 Å². The number of nitrogens with zero attached hydrogens (tertiary/aromatic N) is 5. The zero-order chi connectivity index (χ0) is 39.0. The van der Waals surface area contributed by atoms with Gasteiger partial charge in [-0.15, -0.1) is 11.3 Å². The molecule has 0 aliphatic carbocycles. The Labute approximate surface area is 332 Å². The second-order valence-corrected chi connectivity index (χ2v) is 17.8. The van der Waals surface area contributed by atoms with Crippen LogP contribution in [0.25, 0.3) is 32.9 Å². The number of piperidine rings is 2. The van der Waals surface area contributed by atoms with E-state index in [1.165, 1.54) is 4.88 Å². The summed E-state index contributed by atoms with van der Waals surface area (Å²) < 4.78 is 14.6. The van der Waals surface area contributed by atoms with Crippen LogP contribution < -0.4 is 15.8 Å². The van der Waals surface area contributed by atoms with Crippen molar-refractivity contribution in [1.29, 1.82) is 0 Å². The average Bonchev–Trinajstić information content (AvgIpc) is 3.92. The van der Waals surface area contributed by atoms with Gasteiger partial charge in [0.1, 0.15) is 5.52 Å². The van der Waals surface area contributed by atoms with Crippen molar-refractivity contribution in [2.75, 3.05) is 44.3 Å². The monoisotopic (exact) mass is 781 g/mol. The van der Waals surface area contributed by atoms with Gasteiger partial charge in [0.05, 0.1) is 23.2 Å². The number of rotatable bonds is 11. The average molecular weight is 782 g/mol. The van der Waals surface area contributed by atoms with Gasteiger partial charge in [0.15, 0.2) is 6.29 Å². The lowest BCUT2D eigenvalue weighted by molar-refractivity contribution is -0.170. The number of H-pyrrole nitrogens is 1. The summed E-state index contributed by atoms with van der Waals surface area (Å²) in [6.45, 7) is 11.1. The topological polar surface area (TPSA) is 138 Å². The van der Waals surface area contributed by atoms with Gasteiger partial charge in [-0.2, -0.15) is 0 Å². The number of carboxylic acid groups (broad SMARTS) is 1. The van der Waals surface area contributed by atoms with Gasteiger partial charge in [-0.3, -0.25) is 4.79 Å². The van der Waals surface area contributed by atoms with Crippen LogP contribution in [0.1, 0.15) is 82.7 Å². The molecule has 1 amide bonds. The molecular weight excluding hydrogens is 727 g/mol. The Morgan fingerprint density at radius 1 is 1.11 bits per heavy atom. The molecule has 3 aliphatic rings. The van der Waals surface area contributed by atoms with E-state index in [-0.39, 0.29) is 17.4 Å². The Hall–Kier alpha value is -4.30. The Morgan fingerprint density at radius 2 is 1.91 bits per heavy atom. The number of benzene rings is 1. The third-order valence-corrected chi connectivity index (χ3v) is 13.4. The van der Waals surface area contributed by atoms with Gasteiger partial charge < -0.3 is 39.2 Å². The molecule has 0 saturated carbocycles. The van der Waals surface area contributed by atoms with Crippen LogP contribution >= 0.6 is 11.3 Å². The first kappa shape index (κ1) is 38.6. The summed E-state index contributed by atoms with van der Waals surface area (Å²) in [5, 5.41) is 16.1. The highest BCUT2D eigenvalue weighted by Crippen LogP contribution is 2.45. The molecule has 0 spiro atoms. The number of ether oxygens (including phenoxy) is 2. The van der Waals surface area contributed by atoms with E-state index in [0.717, 1.165) is 117 Å². The first-order valence-electron chi connectivity index (χ1n) is 20.3. The lowest BCUT2D eigenvalue weighted by Crippen LogP contribution is -2.56. The van der Waals surface area contributed by atoms with E-state index in [0.29, 0.717) is 30.7 Å². The number of likely N-dealkylation sites (tertiary alicyclic amines) is 1. The van der Waals surface area contributed by atoms with E-state index in [1.54, 1.807) is 23.0 Å². The predicted molar refractivity (Wildman–Crippen MR) is 222 cm³/mol. The zero-order valence-electron chi connectivity index (χ0n) is 33.1. The van der Waals surface area contributed by atoms with Crippen molar-refractivity contribution in [3.05, 3.63) is 75.1 Å². The maximum Gasteiger partial charge on any atom is 0.405 e. The van der Waals surface area contributed by atoms with Crippen LogP contribution in [0.2, 0.25) is 0 Å². The summed E-state index contributed by atoms with van der Waals surface area (Å²) in [6.07, 6.45) is 9.99. The Balaban J connectivity index is 1.20. The highest BCUT2D eigenvalue weighted by atomic mass is 32.1. The number of hydrogen-bond acceptors (Lipinski definition) is 9. The van der Waals surface area contributed by atoms with E-state index in [2.05, 4.69) is 69.7 Å². The third kappa shape index (κ3) is 7.70. The Kier molecular flexibility index (Phi) is 11.0. The molecule has 56 heavy (non-hydrogen) atoms. The van der Waals surface area contributed by atoms with Crippen molar-refractivity contribution in [2.45, 2.75) is 95.4 Å². The summed E-state index contributed by atoms with van der Waals surface area (Å²) >= 11 is 1.75. The van der Waals surface area contributed by atoms with Crippen LogP contribution in [0.5, 0.6) is 0 Å². The fraction of sp³-hybridized carbons (Fsp3) is 0.535.